The molecule has 0 aromatic heterocycles. The number of rotatable bonds is 5. The first-order valence-corrected chi connectivity index (χ1v) is 5.18. The molecule has 82 valence electrons. The summed E-state index contributed by atoms with van der Waals surface area (Å²) in [5, 5.41) is 2.28. The minimum atomic E-state index is -4.29. The van der Waals surface area contributed by atoms with Gasteiger partial charge in [0.05, 0.1) is 4.91 Å². The van der Waals surface area contributed by atoms with Gasteiger partial charge in [-0.1, -0.05) is 19.7 Å². The molecule has 0 aromatic carbocycles. The van der Waals surface area contributed by atoms with Gasteiger partial charge in [-0.15, -0.1) is 0 Å². The normalized spacial score (nSPS) is 11.0. The highest BCUT2D eigenvalue weighted by molar-refractivity contribution is 7.90. The molecule has 0 heterocycles. The Balaban J connectivity index is 4.44. The molecule has 0 spiro atoms. The van der Waals surface area contributed by atoms with Crippen molar-refractivity contribution in [1.82, 2.24) is 5.32 Å². The molecular formula is C9H11NO4S. The van der Waals surface area contributed by atoms with E-state index in [1.54, 1.807) is 0 Å². The van der Waals surface area contributed by atoms with Crippen molar-refractivity contribution in [3.63, 3.8) is 0 Å². The van der Waals surface area contributed by atoms with E-state index in [1.807, 2.05) is 0 Å². The Kier molecular flexibility index (Phi) is 4.69. The molecule has 0 saturated carbocycles. The van der Waals surface area contributed by atoms with Crippen LogP contribution >= 0.6 is 0 Å². The first-order valence-electron chi connectivity index (χ1n) is 3.74. The summed E-state index contributed by atoms with van der Waals surface area (Å²) < 4.78 is 29.5. The molecule has 0 aliphatic carbocycles. The van der Waals surface area contributed by atoms with Crippen molar-refractivity contribution < 1.29 is 17.8 Å². The zero-order valence-electron chi connectivity index (χ0n) is 7.93. The van der Waals surface area contributed by atoms with Gasteiger partial charge < -0.3 is 5.32 Å². The number of nitrogens with one attached hydrogen (secondary N) is 1. The number of hydrogen-bond donors (Lipinski definition) is 2. The maximum atomic E-state index is 10.7. The summed E-state index contributed by atoms with van der Waals surface area (Å²) in [7, 11) is -4.29. The van der Waals surface area contributed by atoms with Gasteiger partial charge in [-0.2, -0.15) is 8.42 Å². The molecular weight excluding hydrogens is 218 g/mol. The number of carbonyl (C=O) groups is 1. The fourth-order valence-corrected chi connectivity index (χ4v) is 0.770. The highest BCUT2D eigenvalue weighted by Crippen LogP contribution is 2.03. The van der Waals surface area contributed by atoms with Crippen LogP contribution < -0.4 is 5.32 Å². The average Bonchev–Trinajstić information content (AvgIpc) is 2.12. The van der Waals surface area contributed by atoms with Gasteiger partial charge in [0.1, 0.15) is 0 Å². The van der Waals surface area contributed by atoms with Crippen LogP contribution in [0.15, 0.2) is 48.6 Å². The lowest BCUT2D eigenvalue weighted by atomic mass is 10.4. The van der Waals surface area contributed by atoms with Gasteiger partial charge in [0.15, 0.2) is 0 Å². The first-order chi connectivity index (χ1) is 6.77. The third-order valence-corrected chi connectivity index (χ3v) is 2.07. The van der Waals surface area contributed by atoms with Gasteiger partial charge in [0.2, 0.25) is 5.91 Å². The van der Waals surface area contributed by atoms with E-state index in [1.165, 1.54) is 6.08 Å². The fraction of sp³-hybridized carbons (Fsp3) is 0. The molecule has 0 atom stereocenters. The van der Waals surface area contributed by atoms with E-state index >= 15 is 0 Å². The van der Waals surface area contributed by atoms with E-state index < -0.39 is 20.9 Å². The monoisotopic (exact) mass is 229 g/mol. The van der Waals surface area contributed by atoms with Crippen LogP contribution in [0.5, 0.6) is 0 Å². The van der Waals surface area contributed by atoms with Gasteiger partial charge in [-0.05, 0) is 18.2 Å². The predicted octanol–water partition coefficient (Wildman–Crippen LogP) is 0.760. The molecule has 0 rings (SSSR count). The molecule has 0 saturated heterocycles. The van der Waals surface area contributed by atoms with Gasteiger partial charge in [0, 0.05) is 5.70 Å². The van der Waals surface area contributed by atoms with E-state index in [-0.39, 0.29) is 5.70 Å². The SMILES string of the molecule is C=CC(=O)NC(=C)/C=C\C(=C)S(=O)(=O)O. The number of allylic oxidation sites excluding steroid dienone is 2. The Morgan fingerprint density at radius 3 is 2.20 bits per heavy atom. The molecule has 0 radical (unpaired) electrons. The summed E-state index contributed by atoms with van der Waals surface area (Å²) in [5.41, 5.74) is 0.157. The standard InChI is InChI=1S/C9H11NO4S/c1-4-9(11)10-7(2)5-6-8(3)15(12,13)14/h4-6H,1-3H2,(H,10,11)(H,12,13,14)/b6-5-. The number of carbonyl (C=O) groups excluding carboxylic acids is 1. The Morgan fingerprint density at radius 2 is 1.80 bits per heavy atom. The fourth-order valence-electron chi connectivity index (χ4n) is 0.530. The van der Waals surface area contributed by atoms with E-state index in [2.05, 4.69) is 25.1 Å². The van der Waals surface area contributed by atoms with Crippen LogP contribution in [0.4, 0.5) is 0 Å². The van der Waals surface area contributed by atoms with Crippen LogP contribution in [0.1, 0.15) is 0 Å². The quantitative estimate of drug-likeness (QED) is 0.414. The molecule has 0 aromatic rings. The van der Waals surface area contributed by atoms with Crippen LogP contribution in [0.2, 0.25) is 0 Å². The zero-order chi connectivity index (χ0) is 12.1. The second kappa shape index (κ2) is 5.28. The molecule has 0 aliphatic rings. The molecule has 0 fully saturated rings. The summed E-state index contributed by atoms with van der Waals surface area (Å²) >= 11 is 0. The highest BCUT2D eigenvalue weighted by Gasteiger charge is 2.06. The molecule has 5 nitrogen and oxygen atoms in total. The average molecular weight is 229 g/mol. The van der Waals surface area contributed by atoms with E-state index in [0.29, 0.717) is 0 Å². The Bertz CT molecular complexity index is 431. The Labute approximate surface area is 88.2 Å². The van der Waals surface area contributed by atoms with E-state index in [0.717, 1.165) is 12.2 Å². The summed E-state index contributed by atoms with van der Waals surface area (Å²) in [6.07, 6.45) is 3.25. The summed E-state index contributed by atoms with van der Waals surface area (Å²) in [5.74, 6) is -0.470. The lowest BCUT2D eigenvalue weighted by Crippen LogP contribution is -2.18. The van der Waals surface area contributed by atoms with Crippen molar-refractivity contribution in [3.05, 3.63) is 48.6 Å². The first kappa shape index (κ1) is 13.3. The molecule has 0 unspecified atom stereocenters. The second-order valence-corrected chi connectivity index (χ2v) is 3.97. The molecule has 1 amide bonds. The van der Waals surface area contributed by atoms with E-state index in [9.17, 15) is 13.2 Å². The third kappa shape index (κ3) is 5.61. The Hall–Kier alpha value is -1.66. The smallest absolute Gasteiger partial charge is 0.293 e. The molecule has 0 aliphatic heterocycles. The predicted molar refractivity (Wildman–Crippen MR) is 57.3 cm³/mol. The minimum Gasteiger partial charge on any atom is -0.323 e. The molecule has 2 N–H and O–H groups in total. The second-order valence-electron chi connectivity index (χ2n) is 2.49. The lowest BCUT2D eigenvalue weighted by Gasteiger charge is -1.99. The topological polar surface area (TPSA) is 83.5 Å². The van der Waals surface area contributed by atoms with Gasteiger partial charge in [-0.25, -0.2) is 0 Å². The van der Waals surface area contributed by atoms with Crippen molar-refractivity contribution in [2.75, 3.05) is 0 Å². The van der Waals surface area contributed by atoms with Crippen molar-refractivity contribution in [2.24, 2.45) is 0 Å². The maximum absolute atomic E-state index is 10.7. The van der Waals surface area contributed by atoms with Crippen LogP contribution in [0, 0.1) is 0 Å². The summed E-state index contributed by atoms with van der Waals surface area (Å²) in [6, 6.07) is 0. The van der Waals surface area contributed by atoms with Crippen molar-refractivity contribution in [2.45, 2.75) is 0 Å². The molecule has 0 bridgehead atoms. The van der Waals surface area contributed by atoms with Crippen LogP contribution in [0.25, 0.3) is 0 Å². The zero-order valence-corrected chi connectivity index (χ0v) is 8.75. The molecule has 6 heteroatoms. The van der Waals surface area contributed by atoms with Crippen LogP contribution in [-0.2, 0) is 14.9 Å². The number of hydrogen-bond acceptors (Lipinski definition) is 3. The van der Waals surface area contributed by atoms with Gasteiger partial charge >= 0.3 is 0 Å². The Morgan fingerprint density at radius 1 is 1.27 bits per heavy atom. The third-order valence-electron chi connectivity index (χ3n) is 1.27. The molecule has 15 heavy (non-hydrogen) atoms. The van der Waals surface area contributed by atoms with Crippen molar-refractivity contribution in [1.29, 1.82) is 0 Å². The lowest BCUT2D eigenvalue weighted by molar-refractivity contribution is -0.115. The van der Waals surface area contributed by atoms with Gasteiger partial charge in [0.25, 0.3) is 10.1 Å². The number of amides is 1. The maximum Gasteiger partial charge on any atom is 0.293 e. The summed E-state index contributed by atoms with van der Waals surface area (Å²) in [4.78, 5) is 10.3. The minimum absolute atomic E-state index is 0.157. The largest absolute Gasteiger partial charge is 0.323 e. The van der Waals surface area contributed by atoms with Crippen molar-refractivity contribution >= 4 is 16.0 Å². The summed E-state index contributed by atoms with van der Waals surface area (Å²) in [6.45, 7) is 9.73. The highest BCUT2D eigenvalue weighted by atomic mass is 32.2. The van der Waals surface area contributed by atoms with Crippen LogP contribution in [-0.4, -0.2) is 18.9 Å². The van der Waals surface area contributed by atoms with Crippen molar-refractivity contribution in [3.8, 4) is 0 Å². The van der Waals surface area contributed by atoms with Gasteiger partial charge in [-0.3, -0.25) is 9.35 Å². The van der Waals surface area contributed by atoms with Crippen LogP contribution in [0.3, 0.4) is 0 Å². The van der Waals surface area contributed by atoms with E-state index in [4.69, 9.17) is 4.55 Å².